The molecule has 0 aromatic carbocycles. The second kappa shape index (κ2) is 7.56. The molecule has 5 heteroatoms. The van der Waals surface area contributed by atoms with Crippen LogP contribution < -0.4 is 5.73 Å². The normalized spacial score (nSPS) is 34.3. The molecule has 122 valence electrons. The van der Waals surface area contributed by atoms with Gasteiger partial charge in [0.1, 0.15) is 12.1 Å². The molecule has 1 aliphatic carbocycles. The number of rotatable bonds is 5. The summed E-state index contributed by atoms with van der Waals surface area (Å²) in [7, 11) is 0. The van der Waals surface area contributed by atoms with E-state index in [1.165, 1.54) is 12.8 Å². The molecule has 0 amide bonds. The number of hydrogen-bond donors (Lipinski definition) is 1. The van der Waals surface area contributed by atoms with Crippen molar-refractivity contribution in [3.8, 4) is 0 Å². The zero-order valence-corrected chi connectivity index (χ0v) is 13.4. The Balaban J connectivity index is 1.95. The molecule has 0 spiro atoms. The summed E-state index contributed by atoms with van der Waals surface area (Å²) in [6, 6.07) is -0.694. The van der Waals surface area contributed by atoms with Crippen molar-refractivity contribution in [2.24, 2.45) is 17.6 Å². The lowest BCUT2D eigenvalue weighted by atomic mass is 9.97. The van der Waals surface area contributed by atoms with Crippen molar-refractivity contribution in [3.63, 3.8) is 0 Å². The van der Waals surface area contributed by atoms with Gasteiger partial charge < -0.3 is 19.9 Å². The lowest BCUT2D eigenvalue weighted by Crippen LogP contribution is -2.37. The van der Waals surface area contributed by atoms with Crippen LogP contribution in [-0.2, 0) is 19.0 Å². The van der Waals surface area contributed by atoms with Crippen LogP contribution in [-0.4, -0.2) is 43.5 Å². The molecule has 1 heterocycles. The van der Waals surface area contributed by atoms with Crippen molar-refractivity contribution in [3.05, 3.63) is 0 Å². The van der Waals surface area contributed by atoms with Crippen LogP contribution in [0.3, 0.4) is 0 Å². The maximum absolute atomic E-state index is 11.7. The molecule has 1 saturated carbocycles. The molecule has 0 bridgehead atoms. The monoisotopic (exact) mass is 299 g/mol. The van der Waals surface area contributed by atoms with E-state index < -0.39 is 6.04 Å². The number of carbonyl (C=O) groups is 1. The third-order valence-electron chi connectivity index (χ3n) is 4.46. The molecular formula is C16H29NO4. The van der Waals surface area contributed by atoms with Gasteiger partial charge in [-0.05, 0) is 31.6 Å². The average molecular weight is 299 g/mol. The largest absolute Gasteiger partial charge is 0.461 e. The van der Waals surface area contributed by atoms with E-state index in [1.807, 2.05) is 6.92 Å². The summed E-state index contributed by atoms with van der Waals surface area (Å²) in [5, 5.41) is 0. The molecule has 2 aliphatic rings. The summed E-state index contributed by atoms with van der Waals surface area (Å²) in [5.41, 5.74) is 5.71. The minimum absolute atomic E-state index is 0.0299. The van der Waals surface area contributed by atoms with E-state index in [1.54, 1.807) is 0 Å². The van der Waals surface area contributed by atoms with E-state index in [0.29, 0.717) is 31.0 Å². The molecule has 1 aliphatic heterocycles. The summed E-state index contributed by atoms with van der Waals surface area (Å²) in [6.45, 7) is 7.02. The van der Waals surface area contributed by atoms with Crippen LogP contribution in [0, 0.1) is 11.8 Å². The second-order valence-electron chi connectivity index (χ2n) is 6.57. The van der Waals surface area contributed by atoms with Gasteiger partial charge in [-0.3, -0.25) is 4.79 Å². The first-order valence-corrected chi connectivity index (χ1v) is 8.20. The van der Waals surface area contributed by atoms with Crippen LogP contribution in [0.1, 0.15) is 46.5 Å². The smallest absolute Gasteiger partial charge is 0.325 e. The van der Waals surface area contributed by atoms with E-state index in [-0.39, 0.29) is 24.8 Å². The molecule has 2 rings (SSSR count). The highest BCUT2D eigenvalue weighted by Gasteiger charge is 2.37. The lowest BCUT2D eigenvalue weighted by molar-refractivity contribution is -0.151. The summed E-state index contributed by atoms with van der Waals surface area (Å²) < 4.78 is 17.2. The van der Waals surface area contributed by atoms with E-state index in [4.69, 9.17) is 19.9 Å². The standard InChI is InChI=1S/C16H29NO4/c1-4-10(2)15(12-5-6-12)21-13-7-11(3)20-16(18)14(17)9-19-8-13/h10-15H,4-9,17H2,1-3H3/t10?,11-,13+,14-,15?/m0/s1. The fraction of sp³-hybridized carbons (Fsp3) is 0.938. The maximum atomic E-state index is 11.7. The number of carbonyl (C=O) groups excluding carboxylic acids is 1. The Morgan fingerprint density at radius 1 is 1.38 bits per heavy atom. The van der Waals surface area contributed by atoms with Gasteiger partial charge in [-0.1, -0.05) is 20.3 Å². The molecule has 5 atom stereocenters. The van der Waals surface area contributed by atoms with Gasteiger partial charge in [-0.2, -0.15) is 0 Å². The Hall–Kier alpha value is -0.650. The van der Waals surface area contributed by atoms with Crippen LogP contribution >= 0.6 is 0 Å². The van der Waals surface area contributed by atoms with Crippen molar-refractivity contribution in [1.29, 1.82) is 0 Å². The van der Waals surface area contributed by atoms with Crippen LogP contribution in [0.15, 0.2) is 0 Å². The summed E-state index contributed by atoms with van der Waals surface area (Å²) in [5.74, 6) is 0.849. The minimum Gasteiger partial charge on any atom is -0.461 e. The molecule has 2 fully saturated rings. The fourth-order valence-corrected chi connectivity index (χ4v) is 2.85. The van der Waals surface area contributed by atoms with Gasteiger partial charge in [0.25, 0.3) is 0 Å². The Labute approximate surface area is 127 Å². The SMILES string of the molecule is CCC(C)C(O[C@H]1COC[C@H](N)C(=O)O[C@@H](C)C1)C1CC1. The van der Waals surface area contributed by atoms with Gasteiger partial charge in [-0.25, -0.2) is 0 Å². The summed E-state index contributed by atoms with van der Waals surface area (Å²) in [6.07, 6.45) is 4.38. The van der Waals surface area contributed by atoms with Crippen molar-refractivity contribution in [2.75, 3.05) is 13.2 Å². The molecule has 2 N–H and O–H groups in total. The molecule has 0 radical (unpaired) electrons. The van der Waals surface area contributed by atoms with Gasteiger partial charge in [-0.15, -0.1) is 0 Å². The van der Waals surface area contributed by atoms with Gasteiger partial charge in [0.2, 0.25) is 0 Å². The van der Waals surface area contributed by atoms with Crippen molar-refractivity contribution >= 4 is 5.97 Å². The Kier molecular flexibility index (Phi) is 6.02. The fourth-order valence-electron chi connectivity index (χ4n) is 2.85. The lowest BCUT2D eigenvalue weighted by Gasteiger charge is -2.29. The highest BCUT2D eigenvalue weighted by Crippen LogP contribution is 2.39. The Morgan fingerprint density at radius 2 is 2.10 bits per heavy atom. The third kappa shape index (κ3) is 4.94. The first kappa shape index (κ1) is 16.7. The van der Waals surface area contributed by atoms with Crippen molar-refractivity contribution < 1.29 is 19.0 Å². The highest BCUT2D eigenvalue weighted by molar-refractivity contribution is 5.75. The number of hydrogen-bond acceptors (Lipinski definition) is 5. The van der Waals surface area contributed by atoms with Gasteiger partial charge in [0.15, 0.2) is 0 Å². The minimum atomic E-state index is -0.694. The van der Waals surface area contributed by atoms with Crippen molar-refractivity contribution in [1.82, 2.24) is 0 Å². The molecule has 1 saturated heterocycles. The third-order valence-corrected chi connectivity index (χ3v) is 4.46. The number of nitrogens with two attached hydrogens (primary N) is 1. The zero-order valence-electron chi connectivity index (χ0n) is 13.4. The van der Waals surface area contributed by atoms with Gasteiger partial charge in [0, 0.05) is 6.42 Å². The maximum Gasteiger partial charge on any atom is 0.325 e. The Bertz CT molecular complexity index is 345. The van der Waals surface area contributed by atoms with Crippen LogP contribution in [0.2, 0.25) is 0 Å². The first-order valence-electron chi connectivity index (χ1n) is 8.20. The highest BCUT2D eigenvalue weighted by atomic mass is 16.6. The van der Waals surface area contributed by atoms with Gasteiger partial charge in [0.05, 0.1) is 25.4 Å². The molecule has 21 heavy (non-hydrogen) atoms. The number of cyclic esters (lactones) is 1. The van der Waals surface area contributed by atoms with Gasteiger partial charge >= 0.3 is 5.97 Å². The number of ether oxygens (including phenoxy) is 3. The van der Waals surface area contributed by atoms with Crippen LogP contribution in [0.5, 0.6) is 0 Å². The number of esters is 1. The average Bonchev–Trinajstić information content (AvgIpc) is 3.26. The van der Waals surface area contributed by atoms with E-state index in [0.717, 1.165) is 6.42 Å². The molecule has 5 nitrogen and oxygen atoms in total. The topological polar surface area (TPSA) is 70.8 Å². The van der Waals surface area contributed by atoms with E-state index in [2.05, 4.69) is 13.8 Å². The molecular weight excluding hydrogens is 270 g/mol. The Morgan fingerprint density at radius 3 is 2.71 bits per heavy atom. The van der Waals surface area contributed by atoms with Crippen molar-refractivity contribution in [2.45, 2.75) is 70.8 Å². The molecule has 0 aromatic heterocycles. The first-order chi connectivity index (χ1) is 10.0. The predicted octanol–water partition coefficient (Wildman–Crippen LogP) is 1.88. The van der Waals surface area contributed by atoms with Crippen LogP contribution in [0.4, 0.5) is 0 Å². The molecule has 0 aromatic rings. The summed E-state index contributed by atoms with van der Waals surface area (Å²) in [4.78, 5) is 11.7. The van der Waals surface area contributed by atoms with E-state index >= 15 is 0 Å². The predicted molar refractivity (Wildman–Crippen MR) is 79.8 cm³/mol. The zero-order chi connectivity index (χ0) is 15.4. The van der Waals surface area contributed by atoms with Crippen LogP contribution in [0.25, 0.3) is 0 Å². The quantitative estimate of drug-likeness (QED) is 0.785. The molecule has 2 unspecified atom stereocenters. The summed E-state index contributed by atoms with van der Waals surface area (Å²) >= 11 is 0. The second-order valence-corrected chi connectivity index (χ2v) is 6.57. The van der Waals surface area contributed by atoms with E-state index in [9.17, 15) is 4.79 Å².